The third-order valence-electron chi connectivity index (χ3n) is 5.07. The minimum atomic E-state index is -1.47. The summed E-state index contributed by atoms with van der Waals surface area (Å²) >= 11 is 0. The molecule has 0 saturated heterocycles. The van der Waals surface area contributed by atoms with Gasteiger partial charge in [-0.05, 0) is 31.0 Å². The maximum absolute atomic E-state index is 13.2. The highest BCUT2D eigenvalue weighted by atomic mass is 19.1. The van der Waals surface area contributed by atoms with E-state index in [4.69, 9.17) is 4.74 Å². The summed E-state index contributed by atoms with van der Waals surface area (Å²) in [5.41, 5.74) is 0.181. The van der Waals surface area contributed by atoms with E-state index in [1.807, 2.05) is 42.2 Å². The quantitative estimate of drug-likeness (QED) is 0.485. The Morgan fingerprint density at radius 3 is 2.45 bits per heavy atom. The largest absolute Gasteiger partial charge is 0.445 e. The monoisotopic (exact) mass is 453 g/mol. The van der Waals surface area contributed by atoms with E-state index in [1.54, 1.807) is 6.92 Å². The van der Waals surface area contributed by atoms with Gasteiger partial charge >= 0.3 is 6.09 Å². The molecule has 9 heteroatoms. The van der Waals surface area contributed by atoms with Crippen molar-refractivity contribution in [2.45, 2.75) is 32.5 Å². The van der Waals surface area contributed by atoms with Crippen molar-refractivity contribution in [2.24, 2.45) is 0 Å². The molecule has 0 aliphatic heterocycles. The van der Waals surface area contributed by atoms with Gasteiger partial charge in [-0.25, -0.2) is 19.2 Å². The van der Waals surface area contributed by atoms with Crippen molar-refractivity contribution in [1.29, 1.82) is 0 Å². The van der Waals surface area contributed by atoms with Crippen LogP contribution < -0.4 is 10.2 Å². The van der Waals surface area contributed by atoms with E-state index >= 15 is 0 Å². The SMILES string of the molecule is CCCN(CCNC(=O)OCc1ccccc1)c1ncc(C(C)(O)c2ccc(F)cn2)cn1. The van der Waals surface area contributed by atoms with Crippen LogP contribution in [0.1, 0.15) is 37.1 Å². The molecular formula is C24H28FN5O3. The molecule has 174 valence electrons. The molecule has 3 rings (SSSR count). The number of benzene rings is 1. The van der Waals surface area contributed by atoms with E-state index in [-0.39, 0.29) is 6.61 Å². The molecular weight excluding hydrogens is 425 g/mol. The van der Waals surface area contributed by atoms with Crippen LogP contribution >= 0.6 is 0 Å². The number of carbonyl (C=O) groups is 1. The van der Waals surface area contributed by atoms with Crippen LogP contribution in [0.5, 0.6) is 0 Å². The van der Waals surface area contributed by atoms with Gasteiger partial charge in [0, 0.05) is 37.6 Å². The maximum Gasteiger partial charge on any atom is 0.407 e. The zero-order chi connectivity index (χ0) is 23.7. The Bertz CT molecular complexity index is 1010. The molecule has 2 N–H and O–H groups in total. The topological polar surface area (TPSA) is 100 Å². The number of aliphatic hydroxyl groups is 1. The van der Waals surface area contributed by atoms with Gasteiger partial charge < -0.3 is 20.1 Å². The van der Waals surface area contributed by atoms with Crippen LogP contribution in [0.25, 0.3) is 0 Å². The van der Waals surface area contributed by atoms with Crippen LogP contribution in [-0.4, -0.2) is 45.8 Å². The lowest BCUT2D eigenvalue weighted by Crippen LogP contribution is -2.36. The van der Waals surface area contributed by atoms with Gasteiger partial charge in [0.15, 0.2) is 0 Å². The Balaban J connectivity index is 1.56. The number of nitrogens with zero attached hydrogens (tertiary/aromatic N) is 4. The molecule has 3 aromatic rings. The summed E-state index contributed by atoms with van der Waals surface area (Å²) in [4.78, 5) is 26.6. The summed E-state index contributed by atoms with van der Waals surface area (Å²) in [7, 11) is 0. The molecule has 1 unspecified atom stereocenters. The number of hydrogen-bond donors (Lipinski definition) is 2. The lowest BCUT2D eigenvalue weighted by atomic mass is 9.94. The third-order valence-corrected chi connectivity index (χ3v) is 5.07. The molecule has 0 aliphatic carbocycles. The fraction of sp³-hybridized carbons (Fsp3) is 0.333. The van der Waals surface area contributed by atoms with E-state index < -0.39 is 17.5 Å². The standard InChI is InChI=1S/C24H28FN5O3/c1-3-12-30(13-11-26-23(31)33-17-18-7-5-4-6-8-18)22-28-14-19(15-29-22)24(2,32)21-10-9-20(25)16-27-21/h4-10,14-16,32H,3,11-13,17H2,1-2H3,(H,26,31). The maximum atomic E-state index is 13.2. The second kappa shape index (κ2) is 11.3. The average molecular weight is 454 g/mol. The van der Waals surface area contributed by atoms with Crippen LogP contribution in [0.3, 0.4) is 0 Å². The minimum absolute atomic E-state index is 0.207. The van der Waals surface area contributed by atoms with E-state index in [9.17, 15) is 14.3 Å². The van der Waals surface area contributed by atoms with E-state index in [0.717, 1.165) is 18.2 Å². The zero-order valence-corrected chi connectivity index (χ0v) is 18.7. The highest BCUT2D eigenvalue weighted by molar-refractivity contribution is 5.67. The molecule has 8 nitrogen and oxygen atoms in total. The number of hydrogen-bond acceptors (Lipinski definition) is 7. The van der Waals surface area contributed by atoms with Crippen LogP contribution in [0.15, 0.2) is 61.1 Å². The van der Waals surface area contributed by atoms with Gasteiger partial charge in [0.25, 0.3) is 0 Å². The molecule has 1 atom stereocenters. The van der Waals surface area contributed by atoms with E-state index in [0.29, 0.717) is 36.8 Å². The Kier molecular flexibility index (Phi) is 8.26. The summed E-state index contributed by atoms with van der Waals surface area (Å²) in [5.74, 6) is -0.00293. The number of pyridine rings is 1. The lowest BCUT2D eigenvalue weighted by Gasteiger charge is -2.25. The number of carbonyl (C=O) groups excluding carboxylic acids is 1. The first-order chi connectivity index (χ1) is 15.9. The summed E-state index contributed by atoms with van der Waals surface area (Å²) < 4.78 is 18.4. The molecule has 1 amide bonds. The van der Waals surface area contributed by atoms with Crippen molar-refractivity contribution in [3.8, 4) is 0 Å². The van der Waals surface area contributed by atoms with Crippen molar-refractivity contribution in [3.05, 3.63) is 83.7 Å². The van der Waals surface area contributed by atoms with Gasteiger partial charge in [-0.1, -0.05) is 37.3 Å². The number of halogens is 1. The molecule has 0 spiro atoms. The molecule has 0 aliphatic rings. The first-order valence-corrected chi connectivity index (χ1v) is 10.8. The summed E-state index contributed by atoms with van der Waals surface area (Å²) in [6.45, 7) is 5.34. The van der Waals surface area contributed by atoms with Gasteiger partial charge in [-0.2, -0.15) is 0 Å². The Morgan fingerprint density at radius 2 is 1.82 bits per heavy atom. The summed E-state index contributed by atoms with van der Waals surface area (Å²) in [6.07, 6.45) is 4.48. The van der Waals surface area contributed by atoms with Crippen molar-refractivity contribution >= 4 is 12.0 Å². The first kappa shape index (κ1) is 24.1. The first-order valence-electron chi connectivity index (χ1n) is 10.8. The van der Waals surface area contributed by atoms with E-state index in [1.165, 1.54) is 24.5 Å². The number of alkyl carbamates (subject to hydrolysis) is 1. The molecule has 1 aromatic carbocycles. The van der Waals surface area contributed by atoms with Gasteiger partial charge in [0.05, 0.1) is 11.9 Å². The minimum Gasteiger partial charge on any atom is -0.445 e. The average Bonchev–Trinajstić information content (AvgIpc) is 2.83. The van der Waals surface area contributed by atoms with Crippen LogP contribution in [0, 0.1) is 5.82 Å². The molecule has 0 bridgehead atoms. The fourth-order valence-corrected chi connectivity index (χ4v) is 3.20. The number of nitrogens with one attached hydrogen (secondary N) is 1. The normalized spacial score (nSPS) is 12.6. The van der Waals surface area contributed by atoms with Crippen LogP contribution in [0.2, 0.25) is 0 Å². The number of amides is 1. The second-order valence-electron chi connectivity index (χ2n) is 7.68. The second-order valence-corrected chi connectivity index (χ2v) is 7.68. The Labute approximate surface area is 192 Å². The molecule has 0 radical (unpaired) electrons. The number of aromatic nitrogens is 3. The van der Waals surface area contributed by atoms with E-state index in [2.05, 4.69) is 20.3 Å². The van der Waals surface area contributed by atoms with Gasteiger partial charge in [-0.3, -0.25) is 4.98 Å². The number of rotatable bonds is 10. The number of ether oxygens (including phenoxy) is 1. The number of anilines is 1. The van der Waals surface area contributed by atoms with Crippen LogP contribution in [0.4, 0.5) is 15.1 Å². The summed E-state index contributed by atoms with van der Waals surface area (Å²) in [5, 5.41) is 13.6. The fourth-order valence-electron chi connectivity index (χ4n) is 3.20. The summed E-state index contributed by atoms with van der Waals surface area (Å²) in [6, 6.07) is 12.1. The molecule has 2 heterocycles. The van der Waals surface area contributed by atoms with Gasteiger partial charge in [0.1, 0.15) is 18.0 Å². The smallest absolute Gasteiger partial charge is 0.407 e. The van der Waals surface area contributed by atoms with Crippen molar-refractivity contribution < 1.29 is 19.0 Å². The zero-order valence-electron chi connectivity index (χ0n) is 18.7. The molecule has 2 aromatic heterocycles. The van der Waals surface area contributed by atoms with Crippen molar-refractivity contribution in [2.75, 3.05) is 24.5 Å². The van der Waals surface area contributed by atoms with Crippen molar-refractivity contribution in [3.63, 3.8) is 0 Å². The molecule has 0 fully saturated rings. The lowest BCUT2D eigenvalue weighted by molar-refractivity contribution is 0.0964. The van der Waals surface area contributed by atoms with Gasteiger partial charge in [0.2, 0.25) is 5.95 Å². The van der Waals surface area contributed by atoms with Crippen molar-refractivity contribution in [1.82, 2.24) is 20.3 Å². The Hall–Kier alpha value is -3.59. The molecule has 33 heavy (non-hydrogen) atoms. The van der Waals surface area contributed by atoms with Gasteiger partial charge in [-0.15, -0.1) is 0 Å². The van der Waals surface area contributed by atoms with Crippen LogP contribution in [-0.2, 0) is 16.9 Å². The highest BCUT2D eigenvalue weighted by Gasteiger charge is 2.28. The third kappa shape index (κ3) is 6.69. The Morgan fingerprint density at radius 1 is 1.09 bits per heavy atom. The predicted molar refractivity (Wildman–Crippen MR) is 122 cm³/mol. The predicted octanol–water partition coefficient (Wildman–Crippen LogP) is 3.41. The highest BCUT2D eigenvalue weighted by Crippen LogP contribution is 2.27. The molecule has 0 saturated carbocycles.